The normalized spacial score (nSPS) is 19.4. The largest absolute Gasteiger partial charge is 0.494 e. The lowest BCUT2D eigenvalue weighted by atomic mass is 9.70. The van der Waals surface area contributed by atoms with Crippen LogP contribution in [0.4, 0.5) is 43.3 Å². The minimum absolute atomic E-state index is 0.0647. The lowest BCUT2D eigenvalue weighted by molar-refractivity contribution is -0.134. The number of hydrogen-bond acceptors (Lipinski definition) is 13. The molecule has 5 aromatic rings. The molecule has 2 amide bonds. The highest BCUT2D eigenvalue weighted by Crippen LogP contribution is 2.46. The minimum Gasteiger partial charge on any atom is -0.494 e. The SMILES string of the molecule is CCc1ncc2c(P(C)(C)=O)c(Nc3nc(Nc4cc(CC)c(N5CCC6(CC5)CCN(C5CCN(c7cc(F)c([C@H]8CCC(=O)NC8=O)c(F)c7)CC5)CC6)cc4OC)ncc3Br)ccc2n1. The summed E-state index contributed by atoms with van der Waals surface area (Å²) in [5.74, 6) is -1.22. The lowest BCUT2D eigenvalue weighted by Gasteiger charge is -2.50. The first-order valence-corrected chi connectivity index (χ1v) is 27.2. The highest BCUT2D eigenvalue weighted by atomic mass is 79.9. The summed E-state index contributed by atoms with van der Waals surface area (Å²) in [6.45, 7) is 13.1. The van der Waals surface area contributed by atoms with Gasteiger partial charge in [0.05, 0.1) is 34.4 Å². The molecular weight excluding hydrogens is 953 g/mol. The third-order valence-electron chi connectivity index (χ3n) is 14.7. The third-order valence-corrected chi connectivity index (χ3v) is 16.8. The van der Waals surface area contributed by atoms with Crippen molar-refractivity contribution in [3.63, 3.8) is 0 Å². The number of amides is 2. The molecule has 360 valence electrons. The monoisotopic (exact) mass is 1010 g/mol. The quantitative estimate of drug-likeness (QED) is 0.0804. The van der Waals surface area contributed by atoms with Gasteiger partial charge in [0.1, 0.15) is 36.2 Å². The maximum Gasteiger partial charge on any atom is 0.234 e. The molecule has 4 saturated heterocycles. The molecule has 4 aliphatic rings. The van der Waals surface area contributed by atoms with Crippen LogP contribution in [0.15, 0.2) is 53.3 Å². The number of aromatic nitrogens is 4. The van der Waals surface area contributed by atoms with E-state index in [1.165, 1.54) is 23.4 Å². The number of imide groups is 1. The van der Waals surface area contributed by atoms with Crippen molar-refractivity contribution in [1.82, 2.24) is 30.2 Å². The first-order valence-electron chi connectivity index (χ1n) is 23.8. The van der Waals surface area contributed by atoms with E-state index in [0.717, 1.165) is 93.5 Å². The van der Waals surface area contributed by atoms with E-state index < -0.39 is 36.5 Å². The Morgan fingerprint density at radius 3 is 2.21 bits per heavy atom. The topological polar surface area (TPSA) is 158 Å². The number of hydrogen-bond donors (Lipinski definition) is 3. The van der Waals surface area contributed by atoms with Crippen molar-refractivity contribution >= 4 is 85.6 Å². The minimum atomic E-state index is -2.79. The van der Waals surface area contributed by atoms with Crippen LogP contribution in [0.1, 0.15) is 88.1 Å². The molecule has 2 aromatic heterocycles. The first kappa shape index (κ1) is 47.8. The maximum absolute atomic E-state index is 15.3. The first-order chi connectivity index (χ1) is 32.6. The van der Waals surface area contributed by atoms with Gasteiger partial charge in [0.2, 0.25) is 17.8 Å². The molecule has 1 spiro atoms. The molecule has 18 heteroatoms. The average Bonchev–Trinajstić information content (AvgIpc) is 3.32. The van der Waals surface area contributed by atoms with Crippen molar-refractivity contribution in [1.29, 1.82) is 0 Å². The number of likely N-dealkylation sites (tertiary alicyclic amines) is 1. The second-order valence-electron chi connectivity index (χ2n) is 19.1. The van der Waals surface area contributed by atoms with Crippen molar-refractivity contribution in [2.24, 2.45) is 5.41 Å². The van der Waals surface area contributed by atoms with Crippen molar-refractivity contribution < 1.29 is 27.7 Å². The van der Waals surface area contributed by atoms with E-state index in [-0.39, 0.29) is 18.4 Å². The van der Waals surface area contributed by atoms with Crippen LogP contribution in [0.2, 0.25) is 0 Å². The number of rotatable bonds is 12. The molecule has 4 fully saturated rings. The summed E-state index contributed by atoms with van der Waals surface area (Å²) in [6.07, 6.45) is 11.5. The number of halogens is 3. The fourth-order valence-electron chi connectivity index (χ4n) is 10.8. The summed E-state index contributed by atoms with van der Waals surface area (Å²) in [4.78, 5) is 49.7. The molecule has 6 heterocycles. The molecule has 0 saturated carbocycles. The lowest BCUT2D eigenvalue weighted by Crippen LogP contribution is -2.52. The summed E-state index contributed by atoms with van der Waals surface area (Å²) < 4.78 is 51.0. The fraction of sp³-hybridized carbons (Fsp3) is 0.480. The number of nitrogens with zero attached hydrogens (tertiary/aromatic N) is 7. The van der Waals surface area contributed by atoms with E-state index in [0.29, 0.717) is 69.6 Å². The van der Waals surface area contributed by atoms with Gasteiger partial charge < -0.3 is 34.6 Å². The molecule has 4 aliphatic heterocycles. The second kappa shape index (κ2) is 19.6. The van der Waals surface area contributed by atoms with E-state index in [9.17, 15) is 14.2 Å². The average molecular weight is 1010 g/mol. The number of carbonyl (C=O) groups excluding carboxylic acids is 2. The Hall–Kier alpha value is -5.25. The molecule has 68 heavy (non-hydrogen) atoms. The number of aryl methyl sites for hydroxylation is 2. The zero-order chi connectivity index (χ0) is 47.9. The van der Waals surface area contributed by atoms with Crippen LogP contribution in [-0.2, 0) is 27.0 Å². The predicted molar refractivity (Wildman–Crippen MR) is 268 cm³/mol. The molecule has 9 rings (SSSR count). The van der Waals surface area contributed by atoms with Gasteiger partial charge in [-0.25, -0.2) is 23.7 Å². The number of anilines is 6. The van der Waals surface area contributed by atoms with Gasteiger partial charge in [-0.3, -0.25) is 14.9 Å². The van der Waals surface area contributed by atoms with Crippen molar-refractivity contribution in [3.8, 4) is 5.75 Å². The second-order valence-corrected chi connectivity index (χ2v) is 23.1. The van der Waals surface area contributed by atoms with Crippen LogP contribution in [0, 0.1) is 17.0 Å². The zero-order valence-corrected chi connectivity index (χ0v) is 41.9. The van der Waals surface area contributed by atoms with Crippen LogP contribution in [0.3, 0.4) is 0 Å². The molecular formula is C50H60BrF2N10O4P. The van der Waals surface area contributed by atoms with Crippen LogP contribution in [-0.4, -0.2) is 102 Å². The van der Waals surface area contributed by atoms with Gasteiger partial charge in [-0.2, -0.15) is 4.98 Å². The van der Waals surface area contributed by atoms with Crippen molar-refractivity contribution in [2.45, 2.75) is 90.0 Å². The molecule has 1 atom stereocenters. The Bertz CT molecular complexity index is 2760. The molecule has 3 N–H and O–H groups in total. The maximum atomic E-state index is 15.3. The Morgan fingerprint density at radius 1 is 0.853 bits per heavy atom. The summed E-state index contributed by atoms with van der Waals surface area (Å²) in [5, 5.41) is 10.5. The van der Waals surface area contributed by atoms with E-state index in [2.05, 4.69) is 75.7 Å². The number of fused-ring (bicyclic) bond motifs is 1. The summed E-state index contributed by atoms with van der Waals surface area (Å²) in [7, 11) is -1.11. The zero-order valence-electron chi connectivity index (χ0n) is 39.4. The third kappa shape index (κ3) is 9.80. The highest BCUT2D eigenvalue weighted by molar-refractivity contribution is 9.10. The highest BCUT2D eigenvalue weighted by Gasteiger charge is 2.40. The van der Waals surface area contributed by atoms with Gasteiger partial charge in [-0.15, -0.1) is 0 Å². The fourth-order valence-corrected chi connectivity index (χ4v) is 12.6. The van der Waals surface area contributed by atoms with Gasteiger partial charge in [0, 0.05) is 91.2 Å². The number of nitrogens with one attached hydrogen (secondary N) is 3. The Morgan fingerprint density at radius 2 is 1.56 bits per heavy atom. The summed E-state index contributed by atoms with van der Waals surface area (Å²) >= 11 is 3.62. The number of ether oxygens (including phenoxy) is 1. The van der Waals surface area contributed by atoms with Gasteiger partial charge >= 0.3 is 0 Å². The molecule has 3 aromatic carbocycles. The Kier molecular flexibility index (Phi) is 13.8. The van der Waals surface area contributed by atoms with E-state index in [1.54, 1.807) is 32.8 Å². The van der Waals surface area contributed by atoms with E-state index in [4.69, 9.17) is 9.72 Å². The number of carbonyl (C=O) groups is 2. The molecule has 0 aliphatic carbocycles. The Balaban J connectivity index is 0.811. The smallest absolute Gasteiger partial charge is 0.234 e. The molecule has 0 bridgehead atoms. The van der Waals surface area contributed by atoms with Gasteiger partial charge in [-0.1, -0.05) is 13.8 Å². The number of benzene rings is 3. The van der Waals surface area contributed by atoms with Crippen LogP contribution in [0.25, 0.3) is 10.9 Å². The van der Waals surface area contributed by atoms with Crippen molar-refractivity contribution in [2.75, 3.05) is 80.1 Å². The van der Waals surface area contributed by atoms with Gasteiger partial charge in [0.15, 0.2) is 0 Å². The number of piperidine rings is 4. The standard InChI is InChI=1S/C50H60BrF2N10O4P/c1-6-30-24-40(58-49-55-29-35(51)47(60-49)57-39-10-9-38-34(46(39)68(4,5)66)28-54-43(7-2)56-38)42(67-3)27-41(30)63-22-16-50(17-23-63)14-20-62(21-15-50)31-12-18-61(19-13-31)32-25-36(52)45(37(53)26-32)33-8-11-44(64)59-48(33)65/h9-10,24-29,31,33H,6-8,11-23H2,1-5H3,(H,59,64,65)(H2,55,57,58,60)/t33-/m1/s1. The van der Waals surface area contributed by atoms with Gasteiger partial charge in [0.25, 0.3) is 0 Å². The van der Waals surface area contributed by atoms with Crippen LogP contribution >= 0.6 is 23.1 Å². The van der Waals surface area contributed by atoms with E-state index in [1.807, 2.05) is 24.0 Å². The van der Waals surface area contributed by atoms with Crippen molar-refractivity contribution in [3.05, 3.63) is 81.9 Å². The molecule has 0 radical (unpaired) electrons. The molecule has 14 nitrogen and oxygen atoms in total. The van der Waals surface area contributed by atoms with Gasteiger partial charge in [-0.05, 0) is 135 Å². The summed E-state index contributed by atoms with van der Waals surface area (Å²) in [5.41, 5.74) is 5.11. The van der Waals surface area contributed by atoms with Crippen LogP contribution < -0.4 is 35.8 Å². The Labute approximate surface area is 404 Å². The summed E-state index contributed by atoms with van der Waals surface area (Å²) in [6, 6.07) is 11.2. The van der Waals surface area contributed by atoms with Crippen LogP contribution in [0.5, 0.6) is 5.75 Å². The van der Waals surface area contributed by atoms with E-state index >= 15 is 8.78 Å². The molecule has 0 unspecified atom stereocenters. The number of methoxy groups -OCH3 is 1. The predicted octanol–water partition coefficient (Wildman–Crippen LogP) is 9.20.